The third kappa shape index (κ3) is 4.03. The molecular formula is C19H20N4O2. The number of nitrogens with one attached hydrogen (secondary N) is 3. The zero-order valence-electron chi connectivity index (χ0n) is 14.2. The van der Waals surface area contributed by atoms with Crippen LogP contribution < -0.4 is 10.6 Å². The summed E-state index contributed by atoms with van der Waals surface area (Å²) in [7, 11) is 0. The SMILES string of the molecule is Cc1ccc(C(=O)NCC(=O)N[C@@H](C)c2nc3ccccc3[nH]2)cc1. The van der Waals surface area contributed by atoms with Gasteiger partial charge in [-0.25, -0.2) is 4.98 Å². The van der Waals surface area contributed by atoms with E-state index in [-0.39, 0.29) is 24.4 Å². The number of aromatic nitrogens is 2. The van der Waals surface area contributed by atoms with Crippen LogP contribution in [-0.4, -0.2) is 28.3 Å². The minimum absolute atomic E-state index is 0.0860. The zero-order valence-corrected chi connectivity index (χ0v) is 14.2. The summed E-state index contributed by atoms with van der Waals surface area (Å²) in [6.07, 6.45) is 0. The summed E-state index contributed by atoms with van der Waals surface area (Å²) in [6.45, 7) is 3.71. The average Bonchev–Trinajstić information content (AvgIpc) is 3.04. The first kappa shape index (κ1) is 16.7. The predicted molar refractivity (Wildman–Crippen MR) is 96.2 cm³/mol. The van der Waals surface area contributed by atoms with E-state index < -0.39 is 0 Å². The lowest BCUT2D eigenvalue weighted by molar-refractivity contribution is -0.120. The van der Waals surface area contributed by atoms with Gasteiger partial charge in [0, 0.05) is 5.56 Å². The first-order valence-corrected chi connectivity index (χ1v) is 8.12. The van der Waals surface area contributed by atoms with Crippen molar-refractivity contribution in [2.75, 3.05) is 6.54 Å². The Balaban J connectivity index is 1.54. The second-order valence-corrected chi connectivity index (χ2v) is 5.98. The van der Waals surface area contributed by atoms with E-state index in [9.17, 15) is 9.59 Å². The number of H-pyrrole nitrogens is 1. The number of hydrogen-bond donors (Lipinski definition) is 3. The van der Waals surface area contributed by atoms with Crippen molar-refractivity contribution in [3.8, 4) is 0 Å². The molecule has 0 aliphatic carbocycles. The summed E-state index contributed by atoms with van der Waals surface area (Å²) in [6, 6.07) is 14.6. The van der Waals surface area contributed by atoms with E-state index in [1.165, 1.54) is 0 Å². The molecule has 0 fully saturated rings. The van der Waals surface area contributed by atoms with E-state index in [4.69, 9.17) is 0 Å². The van der Waals surface area contributed by atoms with Gasteiger partial charge in [-0.15, -0.1) is 0 Å². The van der Waals surface area contributed by atoms with E-state index in [2.05, 4.69) is 20.6 Å². The first-order chi connectivity index (χ1) is 12.0. The van der Waals surface area contributed by atoms with Crippen molar-refractivity contribution in [2.24, 2.45) is 0 Å². The highest BCUT2D eigenvalue weighted by molar-refractivity contribution is 5.96. The van der Waals surface area contributed by atoms with Crippen LogP contribution in [-0.2, 0) is 4.79 Å². The second-order valence-electron chi connectivity index (χ2n) is 5.98. The van der Waals surface area contributed by atoms with E-state index >= 15 is 0 Å². The van der Waals surface area contributed by atoms with Gasteiger partial charge in [-0.05, 0) is 38.1 Å². The summed E-state index contributed by atoms with van der Waals surface area (Å²) < 4.78 is 0. The smallest absolute Gasteiger partial charge is 0.251 e. The first-order valence-electron chi connectivity index (χ1n) is 8.12. The number of rotatable bonds is 5. The maximum Gasteiger partial charge on any atom is 0.251 e. The molecule has 1 aromatic heterocycles. The molecule has 0 spiro atoms. The fourth-order valence-corrected chi connectivity index (χ4v) is 2.51. The number of para-hydroxylation sites is 2. The molecule has 25 heavy (non-hydrogen) atoms. The number of imidazole rings is 1. The summed E-state index contributed by atoms with van der Waals surface area (Å²) in [4.78, 5) is 31.7. The molecule has 0 aliphatic rings. The summed E-state index contributed by atoms with van der Waals surface area (Å²) in [5, 5.41) is 5.45. The van der Waals surface area contributed by atoms with Crippen molar-refractivity contribution in [3.63, 3.8) is 0 Å². The quantitative estimate of drug-likeness (QED) is 0.669. The predicted octanol–water partition coefficient (Wildman–Crippen LogP) is 2.48. The summed E-state index contributed by atoms with van der Waals surface area (Å²) >= 11 is 0. The second kappa shape index (κ2) is 7.17. The molecule has 0 unspecified atom stereocenters. The largest absolute Gasteiger partial charge is 0.345 e. The van der Waals surface area contributed by atoms with Gasteiger partial charge in [-0.1, -0.05) is 29.8 Å². The van der Waals surface area contributed by atoms with Crippen molar-refractivity contribution in [2.45, 2.75) is 19.9 Å². The van der Waals surface area contributed by atoms with Crippen molar-refractivity contribution >= 4 is 22.8 Å². The number of amides is 2. The Morgan fingerprint density at radius 3 is 2.56 bits per heavy atom. The fraction of sp³-hybridized carbons (Fsp3) is 0.211. The van der Waals surface area contributed by atoms with E-state index in [0.717, 1.165) is 16.6 Å². The average molecular weight is 336 g/mol. The van der Waals surface area contributed by atoms with Crippen LogP contribution in [0, 0.1) is 6.92 Å². The topological polar surface area (TPSA) is 86.9 Å². The molecule has 3 aromatic rings. The highest BCUT2D eigenvalue weighted by Crippen LogP contribution is 2.15. The zero-order chi connectivity index (χ0) is 17.8. The molecule has 3 N–H and O–H groups in total. The van der Waals surface area contributed by atoms with Gasteiger partial charge in [-0.3, -0.25) is 9.59 Å². The molecule has 128 valence electrons. The Morgan fingerprint density at radius 1 is 1.12 bits per heavy atom. The molecular weight excluding hydrogens is 316 g/mol. The summed E-state index contributed by atoms with van der Waals surface area (Å²) in [5.41, 5.74) is 3.38. The van der Waals surface area contributed by atoms with Crippen molar-refractivity contribution in [3.05, 3.63) is 65.5 Å². The molecule has 0 aliphatic heterocycles. The molecule has 2 aromatic carbocycles. The minimum atomic E-state index is -0.281. The van der Waals surface area contributed by atoms with Gasteiger partial charge in [0.05, 0.1) is 23.6 Å². The monoisotopic (exact) mass is 336 g/mol. The Labute approximate surface area is 145 Å². The molecule has 1 heterocycles. The Kier molecular flexibility index (Phi) is 4.79. The third-order valence-corrected chi connectivity index (χ3v) is 3.92. The van der Waals surface area contributed by atoms with Crippen molar-refractivity contribution < 1.29 is 9.59 Å². The van der Waals surface area contributed by atoms with Crippen LogP contribution in [0.1, 0.15) is 34.7 Å². The van der Waals surface area contributed by atoms with E-state index in [0.29, 0.717) is 11.4 Å². The lowest BCUT2D eigenvalue weighted by atomic mass is 10.1. The van der Waals surface area contributed by atoms with Gasteiger partial charge in [0.2, 0.25) is 5.91 Å². The highest BCUT2D eigenvalue weighted by Gasteiger charge is 2.14. The maximum absolute atomic E-state index is 12.1. The van der Waals surface area contributed by atoms with Gasteiger partial charge in [0.1, 0.15) is 5.82 Å². The lowest BCUT2D eigenvalue weighted by Gasteiger charge is -2.12. The van der Waals surface area contributed by atoms with Gasteiger partial charge < -0.3 is 15.6 Å². The molecule has 2 amide bonds. The van der Waals surface area contributed by atoms with Gasteiger partial charge >= 0.3 is 0 Å². The van der Waals surface area contributed by atoms with Crippen LogP contribution in [0.25, 0.3) is 11.0 Å². The molecule has 0 saturated heterocycles. The number of fused-ring (bicyclic) bond motifs is 1. The molecule has 6 heteroatoms. The van der Waals surface area contributed by atoms with Gasteiger partial charge in [0.25, 0.3) is 5.91 Å². The Hall–Kier alpha value is -3.15. The number of aromatic amines is 1. The number of hydrogen-bond acceptors (Lipinski definition) is 3. The fourth-order valence-electron chi connectivity index (χ4n) is 2.51. The van der Waals surface area contributed by atoms with Crippen LogP contribution in [0.3, 0.4) is 0 Å². The molecule has 0 saturated carbocycles. The lowest BCUT2D eigenvalue weighted by Crippen LogP contribution is -2.38. The van der Waals surface area contributed by atoms with Gasteiger partial charge in [0.15, 0.2) is 0 Å². The van der Waals surface area contributed by atoms with Crippen LogP contribution in [0.5, 0.6) is 0 Å². The number of carbonyl (C=O) groups is 2. The Morgan fingerprint density at radius 2 is 1.84 bits per heavy atom. The molecule has 1 atom stereocenters. The highest BCUT2D eigenvalue weighted by atomic mass is 16.2. The minimum Gasteiger partial charge on any atom is -0.345 e. The molecule has 0 bridgehead atoms. The summed E-state index contributed by atoms with van der Waals surface area (Å²) in [5.74, 6) is 0.138. The Bertz CT molecular complexity index is 866. The number of aryl methyl sites for hydroxylation is 1. The normalized spacial score (nSPS) is 11.9. The van der Waals surface area contributed by atoms with Crippen molar-refractivity contribution in [1.82, 2.24) is 20.6 Å². The van der Waals surface area contributed by atoms with Crippen LogP contribution in [0.2, 0.25) is 0 Å². The number of nitrogens with zero attached hydrogens (tertiary/aromatic N) is 1. The van der Waals surface area contributed by atoms with Crippen LogP contribution >= 0.6 is 0 Å². The number of carbonyl (C=O) groups excluding carboxylic acids is 2. The van der Waals surface area contributed by atoms with Crippen molar-refractivity contribution in [1.29, 1.82) is 0 Å². The van der Waals surface area contributed by atoms with Crippen LogP contribution in [0.15, 0.2) is 48.5 Å². The van der Waals surface area contributed by atoms with E-state index in [1.807, 2.05) is 50.2 Å². The molecule has 0 radical (unpaired) electrons. The molecule has 3 rings (SSSR count). The standard InChI is InChI=1S/C19H20N4O2/c1-12-7-9-14(10-8-12)19(25)20-11-17(24)21-13(2)18-22-15-5-3-4-6-16(15)23-18/h3-10,13H,11H2,1-2H3,(H,20,25)(H,21,24)(H,22,23)/t13-/m0/s1. The molecule has 6 nitrogen and oxygen atoms in total. The van der Waals surface area contributed by atoms with Gasteiger partial charge in [-0.2, -0.15) is 0 Å². The third-order valence-electron chi connectivity index (χ3n) is 3.92. The maximum atomic E-state index is 12.1. The van der Waals surface area contributed by atoms with E-state index in [1.54, 1.807) is 12.1 Å². The van der Waals surface area contributed by atoms with Crippen LogP contribution in [0.4, 0.5) is 0 Å². The number of benzene rings is 2.